The first-order valence-corrected chi connectivity index (χ1v) is 10.6. The highest BCUT2D eigenvalue weighted by Gasteiger charge is 2.35. The third-order valence-corrected chi connectivity index (χ3v) is 6.00. The number of fused-ring (bicyclic) bond motifs is 1. The van der Waals surface area contributed by atoms with Crippen LogP contribution in [-0.2, 0) is 27.3 Å². The van der Waals surface area contributed by atoms with E-state index < -0.39 is 5.92 Å². The molecule has 1 unspecified atom stereocenters. The lowest BCUT2D eigenvalue weighted by atomic mass is 10.00. The summed E-state index contributed by atoms with van der Waals surface area (Å²) in [7, 11) is 1.59. The highest BCUT2D eigenvalue weighted by molar-refractivity contribution is 6.00. The SMILES string of the molecule is COc1ccc(N2CC(C(=O)NCCC(=O)N3CCc4ccccc4C3)CC2=O)cc1. The van der Waals surface area contributed by atoms with Gasteiger partial charge in [-0.05, 0) is 41.8 Å². The predicted octanol–water partition coefficient (Wildman–Crippen LogP) is 2.14. The zero-order valence-corrected chi connectivity index (χ0v) is 17.7. The first-order chi connectivity index (χ1) is 15.0. The second-order valence-corrected chi connectivity index (χ2v) is 7.98. The van der Waals surface area contributed by atoms with E-state index in [2.05, 4.69) is 17.4 Å². The molecule has 31 heavy (non-hydrogen) atoms. The van der Waals surface area contributed by atoms with Crippen molar-refractivity contribution < 1.29 is 19.1 Å². The minimum atomic E-state index is -0.411. The van der Waals surface area contributed by atoms with Crippen LogP contribution in [0, 0.1) is 5.92 Å². The highest BCUT2D eigenvalue weighted by Crippen LogP contribution is 2.27. The fourth-order valence-electron chi connectivity index (χ4n) is 4.20. The van der Waals surface area contributed by atoms with Gasteiger partial charge in [-0.2, -0.15) is 0 Å². The van der Waals surface area contributed by atoms with Gasteiger partial charge >= 0.3 is 0 Å². The molecule has 0 radical (unpaired) electrons. The van der Waals surface area contributed by atoms with Crippen molar-refractivity contribution in [3.63, 3.8) is 0 Å². The molecule has 2 heterocycles. The second-order valence-electron chi connectivity index (χ2n) is 7.98. The maximum absolute atomic E-state index is 12.6. The highest BCUT2D eigenvalue weighted by atomic mass is 16.5. The molecule has 4 rings (SSSR count). The van der Waals surface area contributed by atoms with E-state index in [4.69, 9.17) is 4.74 Å². The molecule has 2 aromatic rings. The monoisotopic (exact) mass is 421 g/mol. The number of carbonyl (C=O) groups is 3. The van der Waals surface area contributed by atoms with E-state index in [9.17, 15) is 14.4 Å². The molecule has 1 saturated heterocycles. The summed E-state index contributed by atoms with van der Waals surface area (Å²) in [6, 6.07) is 15.4. The molecule has 2 aliphatic rings. The van der Waals surface area contributed by atoms with Gasteiger partial charge in [0.05, 0.1) is 13.0 Å². The van der Waals surface area contributed by atoms with Crippen LogP contribution in [0.5, 0.6) is 5.75 Å². The number of nitrogens with zero attached hydrogens (tertiary/aromatic N) is 2. The van der Waals surface area contributed by atoms with Gasteiger partial charge in [0.15, 0.2) is 0 Å². The quantitative estimate of drug-likeness (QED) is 0.775. The molecule has 1 N–H and O–H groups in total. The smallest absolute Gasteiger partial charge is 0.227 e. The second kappa shape index (κ2) is 9.20. The van der Waals surface area contributed by atoms with Crippen molar-refractivity contribution in [2.45, 2.75) is 25.8 Å². The Morgan fingerprint density at radius 1 is 1.10 bits per heavy atom. The standard InChI is InChI=1S/C24H27N3O4/c1-31-21-8-6-20(7-9-21)27-16-19(14-23(27)29)24(30)25-12-10-22(28)26-13-11-17-4-2-3-5-18(17)15-26/h2-9,19H,10-16H2,1H3,(H,25,30). The van der Waals surface area contributed by atoms with Crippen LogP contribution in [0.1, 0.15) is 24.0 Å². The van der Waals surface area contributed by atoms with E-state index >= 15 is 0 Å². The van der Waals surface area contributed by atoms with Crippen LogP contribution in [0.4, 0.5) is 5.69 Å². The first-order valence-electron chi connectivity index (χ1n) is 10.6. The summed E-state index contributed by atoms with van der Waals surface area (Å²) < 4.78 is 5.14. The van der Waals surface area contributed by atoms with Gasteiger partial charge in [0.2, 0.25) is 17.7 Å². The molecule has 1 fully saturated rings. The molecular weight excluding hydrogens is 394 g/mol. The minimum Gasteiger partial charge on any atom is -0.497 e. The summed E-state index contributed by atoms with van der Waals surface area (Å²) in [5.41, 5.74) is 3.24. The molecule has 0 spiro atoms. The largest absolute Gasteiger partial charge is 0.497 e. The zero-order valence-electron chi connectivity index (χ0n) is 17.7. The summed E-state index contributed by atoms with van der Waals surface area (Å²) in [6.45, 7) is 1.95. The fourth-order valence-corrected chi connectivity index (χ4v) is 4.20. The third-order valence-electron chi connectivity index (χ3n) is 6.00. The molecule has 2 aromatic carbocycles. The Morgan fingerprint density at radius 3 is 2.58 bits per heavy atom. The fraction of sp³-hybridized carbons (Fsp3) is 0.375. The van der Waals surface area contributed by atoms with Gasteiger partial charge in [0.1, 0.15) is 5.75 Å². The summed E-state index contributed by atoms with van der Waals surface area (Å²) in [5, 5.41) is 2.84. The summed E-state index contributed by atoms with van der Waals surface area (Å²) in [4.78, 5) is 41.0. The average molecular weight is 421 g/mol. The Kier molecular flexibility index (Phi) is 6.21. The maximum atomic E-state index is 12.6. The van der Waals surface area contributed by atoms with Gasteiger partial charge in [-0.15, -0.1) is 0 Å². The van der Waals surface area contributed by atoms with Crippen LogP contribution in [0.15, 0.2) is 48.5 Å². The van der Waals surface area contributed by atoms with Crippen molar-refractivity contribution in [2.75, 3.05) is 31.6 Å². The number of amides is 3. The molecular formula is C24H27N3O4. The van der Waals surface area contributed by atoms with Crippen LogP contribution < -0.4 is 15.0 Å². The van der Waals surface area contributed by atoms with Gasteiger partial charge in [0, 0.05) is 44.7 Å². The topological polar surface area (TPSA) is 79.0 Å². The molecule has 162 valence electrons. The van der Waals surface area contributed by atoms with Gasteiger partial charge in [-0.3, -0.25) is 14.4 Å². The number of carbonyl (C=O) groups excluding carboxylic acids is 3. The molecule has 1 atom stereocenters. The lowest BCUT2D eigenvalue weighted by Crippen LogP contribution is -2.39. The van der Waals surface area contributed by atoms with Gasteiger partial charge in [-0.1, -0.05) is 24.3 Å². The number of ether oxygens (including phenoxy) is 1. The Balaban J connectivity index is 1.24. The predicted molar refractivity (Wildman–Crippen MR) is 117 cm³/mol. The van der Waals surface area contributed by atoms with E-state index in [0.717, 1.165) is 12.1 Å². The van der Waals surface area contributed by atoms with Crippen LogP contribution in [0.2, 0.25) is 0 Å². The minimum absolute atomic E-state index is 0.0390. The molecule has 7 heteroatoms. The molecule has 0 aromatic heterocycles. The Labute approximate surface area is 182 Å². The molecule has 3 amide bonds. The third kappa shape index (κ3) is 4.71. The van der Waals surface area contributed by atoms with Crippen LogP contribution >= 0.6 is 0 Å². The lowest BCUT2D eigenvalue weighted by molar-refractivity contribution is -0.132. The van der Waals surface area contributed by atoms with Gasteiger partial charge in [-0.25, -0.2) is 0 Å². The van der Waals surface area contributed by atoms with E-state index in [-0.39, 0.29) is 37.1 Å². The lowest BCUT2D eigenvalue weighted by Gasteiger charge is -2.29. The first kappa shape index (κ1) is 20.9. The summed E-state index contributed by atoms with van der Waals surface area (Å²) in [5.74, 6) is 0.0878. The van der Waals surface area contributed by atoms with Crippen LogP contribution in [0.3, 0.4) is 0 Å². The van der Waals surface area contributed by atoms with Crippen molar-refractivity contribution in [1.82, 2.24) is 10.2 Å². The Hall–Kier alpha value is -3.35. The zero-order chi connectivity index (χ0) is 21.8. The van der Waals surface area contributed by atoms with Crippen LogP contribution in [-0.4, -0.2) is 49.4 Å². The van der Waals surface area contributed by atoms with E-state index in [1.54, 1.807) is 24.1 Å². The molecule has 0 aliphatic carbocycles. The van der Waals surface area contributed by atoms with Crippen molar-refractivity contribution in [1.29, 1.82) is 0 Å². The number of anilines is 1. The van der Waals surface area contributed by atoms with Crippen molar-refractivity contribution in [3.8, 4) is 5.75 Å². The van der Waals surface area contributed by atoms with Gasteiger partial charge in [0.25, 0.3) is 0 Å². The Bertz CT molecular complexity index is 973. The molecule has 0 saturated carbocycles. The number of nitrogens with one attached hydrogen (secondary N) is 1. The molecule has 0 bridgehead atoms. The van der Waals surface area contributed by atoms with E-state index in [0.29, 0.717) is 25.4 Å². The van der Waals surface area contributed by atoms with E-state index in [1.807, 2.05) is 29.2 Å². The number of methoxy groups -OCH3 is 1. The number of rotatable bonds is 6. The summed E-state index contributed by atoms with van der Waals surface area (Å²) >= 11 is 0. The van der Waals surface area contributed by atoms with Crippen LogP contribution in [0.25, 0.3) is 0 Å². The number of hydrogen-bond donors (Lipinski definition) is 1. The average Bonchev–Trinajstić information content (AvgIpc) is 3.20. The van der Waals surface area contributed by atoms with Crippen molar-refractivity contribution in [3.05, 3.63) is 59.7 Å². The van der Waals surface area contributed by atoms with Gasteiger partial charge < -0.3 is 19.9 Å². The molecule has 7 nitrogen and oxygen atoms in total. The number of benzene rings is 2. The normalized spacial score (nSPS) is 18.0. The molecule has 2 aliphatic heterocycles. The maximum Gasteiger partial charge on any atom is 0.227 e. The van der Waals surface area contributed by atoms with E-state index in [1.165, 1.54) is 11.1 Å². The summed E-state index contributed by atoms with van der Waals surface area (Å²) in [6.07, 6.45) is 1.30. The van der Waals surface area contributed by atoms with Crippen molar-refractivity contribution >= 4 is 23.4 Å². The Morgan fingerprint density at radius 2 is 1.84 bits per heavy atom. The van der Waals surface area contributed by atoms with Crippen molar-refractivity contribution in [2.24, 2.45) is 5.92 Å². The number of hydrogen-bond acceptors (Lipinski definition) is 4.